The second-order valence-corrected chi connectivity index (χ2v) is 11.7. The van der Waals surface area contributed by atoms with Crippen molar-refractivity contribution in [3.05, 3.63) is 0 Å². The fourth-order valence-electron chi connectivity index (χ4n) is 3.14. The largest absolute Gasteiger partial charge is 0.396 e. The number of rotatable bonds is 17. The van der Waals surface area contributed by atoms with E-state index in [2.05, 4.69) is 27.7 Å². The highest BCUT2D eigenvalue weighted by atomic mass is 32.2. The number of ether oxygens (including phenoxy) is 1. The maximum atomic E-state index is 11.3. The van der Waals surface area contributed by atoms with E-state index in [1.165, 1.54) is 25.5 Å². The molecule has 0 aromatic heterocycles. The second-order valence-electron chi connectivity index (χ2n) is 9.42. The maximum Gasteiger partial charge on any atom is 0.147 e. The standard InChI is InChI=1S/C21H44O4S/c1-20(2,12-6-9-16-22)13-7-10-17-25-18-11-8-14-21(3,4)15-19-26(5,23)24/h22H,6-19H2,1-5H3. The smallest absolute Gasteiger partial charge is 0.147 e. The molecule has 26 heavy (non-hydrogen) atoms. The summed E-state index contributed by atoms with van der Waals surface area (Å²) in [4.78, 5) is 0. The lowest BCUT2D eigenvalue weighted by atomic mass is 9.82. The Kier molecular flexibility index (Phi) is 13.0. The Hall–Kier alpha value is -0.130. The summed E-state index contributed by atoms with van der Waals surface area (Å²) in [7, 11) is -2.86. The predicted molar refractivity (Wildman–Crippen MR) is 111 cm³/mol. The van der Waals surface area contributed by atoms with Gasteiger partial charge in [0.2, 0.25) is 0 Å². The van der Waals surface area contributed by atoms with Crippen LogP contribution in [0.5, 0.6) is 0 Å². The Labute approximate surface area is 163 Å². The van der Waals surface area contributed by atoms with Crippen molar-refractivity contribution in [2.45, 2.75) is 91.9 Å². The highest BCUT2D eigenvalue weighted by Crippen LogP contribution is 2.30. The normalized spacial score (nSPS) is 13.3. The minimum atomic E-state index is -2.86. The molecule has 0 aliphatic carbocycles. The van der Waals surface area contributed by atoms with Gasteiger partial charge in [-0.2, -0.15) is 0 Å². The van der Waals surface area contributed by atoms with Crippen LogP contribution in [-0.2, 0) is 14.6 Å². The molecule has 0 rings (SSSR count). The van der Waals surface area contributed by atoms with Crippen LogP contribution in [0.1, 0.15) is 91.9 Å². The summed E-state index contributed by atoms with van der Waals surface area (Å²) in [6, 6.07) is 0. The minimum Gasteiger partial charge on any atom is -0.396 e. The highest BCUT2D eigenvalue weighted by molar-refractivity contribution is 7.90. The number of hydrogen-bond donors (Lipinski definition) is 1. The lowest BCUT2D eigenvalue weighted by Gasteiger charge is -2.24. The van der Waals surface area contributed by atoms with E-state index >= 15 is 0 Å². The van der Waals surface area contributed by atoms with Gasteiger partial charge < -0.3 is 9.84 Å². The van der Waals surface area contributed by atoms with Crippen LogP contribution in [0, 0.1) is 10.8 Å². The third-order valence-corrected chi connectivity index (χ3v) is 6.14. The fraction of sp³-hybridized carbons (Fsp3) is 1.00. The Morgan fingerprint density at radius 1 is 0.731 bits per heavy atom. The topological polar surface area (TPSA) is 63.6 Å². The van der Waals surface area contributed by atoms with Crippen LogP contribution >= 0.6 is 0 Å². The predicted octanol–water partition coefficient (Wildman–Crippen LogP) is 4.99. The van der Waals surface area contributed by atoms with Gasteiger partial charge in [-0.1, -0.05) is 47.0 Å². The highest BCUT2D eigenvalue weighted by Gasteiger charge is 2.19. The fourth-order valence-corrected chi connectivity index (χ4v) is 4.07. The maximum absolute atomic E-state index is 11.3. The van der Waals surface area contributed by atoms with Crippen molar-refractivity contribution >= 4 is 9.84 Å². The van der Waals surface area contributed by atoms with E-state index in [1.807, 2.05) is 0 Å². The third-order valence-electron chi connectivity index (χ3n) is 5.20. The molecule has 0 bridgehead atoms. The van der Waals surface area contributed by atoms with Crippen LogP contribution in [0.25, 0.3) is 0 Å². The number of sulfone groups is 1. The van der Waals surface area contributed by atoms with Gasteiger partial charge in [-0.25, -0.2) is 8.42 Å². The molecule has 0 fully saturated rings. The second kappa shape index (κ2) is 13.1. The zero-order valence-corrected chi connectivity index (χ0v) is 18.8. The monoisotopic (exact) mass is 392 g/mol. The number of hydrogen-bond acceptors (Lipinski definition) is 4. The lowest BCUT2D eigenvalue weighted by molar-refractivity contribution is 0.119. The summed E-state index contributed by atoms with van der Waals surface area (Å²) in [6.07, 6.45) is 12.0. The van der Waals surface area contributed by atoms with E-state index in [0.29, 0.717) is 12.0 Å². The van der Waals surface area contributed by atoms with Gasteiger partial charge in [0.1, 0.15) is 9.84 Å². The van der Waals surface area contributed by atoms with Crippen molar-refractivity contribution in [2.24, 2.45) is 10.8 Å². The molecule has 0 aliphatic rings. The van der Waals surface area contributed by atoms with Gasteiger partial charge in [-0.05, 0) is 55.8 Å². The molecule has 5 heteroatoms. The van der Waals surface area contributed by atoms with Crippen molar-refractivity contribution in [3.63, 3.8) is 0 Å². The first kappa shape index (κ1) is 25.9. The molecule has 0 radical (unpaired) electrons. The van der Waals surface area contributed by atoms with E-state index < -0.39 is 9.84 Å². The Morgan fingerprint density at radius 2 is 1.15 bits per heavy atom. The number of aliphatic hydroxyl groups is 1. The Morgan fingerprint density at radius 3 is 1.58 bits per heavy atom. The van der Waals surface area contributed by atoms with Crippen molar-refractivity contribution < 1.29 is 18.3 Å². The molecule has 0 aromatic rings. The van der Waals surface area contributed by atoms with E-state index in [1.54, 1.807) is 0 Å². The van der Waals surface area contributed by atoms with Crippen LogP contribution in [0.2, 0.25) is 0 Å². The Balaban J connectivity index is 3.58. The van der Waals surface area contributed by atoms with Gasteiger partial charge >= 0.3 is 0 Å². The van der Waals surface area contributed by atoms with Gasteiger partial charge in [-0.15, -0.1) is 0 Å². The molecule has 0 saturated heterocycles. The molecule has 0 aliphatic heterocycles. The Bertz CT molecular complexity index is 441. The van der Waals surface area contributed by atoms with Gasteiger partial charge in [0.05, 0.1) is 5.75 Å². The summed E-state index contributed by atoms with van der Waals surface area (Å²) in [5.41, 5.74) is 0.456. The molecule has 0 amide bonds. The van der Waals surface area contributed by atoms with Crippen molar-refractivity contribution in [1.82, 2.24) is 0 Å². The van der Waals surface area contributed by atoms with Crippen molar-refractivity contribution in [1.29, 1.82) is 0 Å². The summed E-state index contributed by atoms with van der Waals surface area (Å²) in [6.45, 7) is 10.9. The number of aliphatic hydroxyl groups excluding tert-OH is 1. The van der Waals surface area contributed by atoms with Crippen LogP contribution in [0.15, 0.2) is 0 Å². The van der Waals surface area contributed by atoms with E-state index in [-0.39, 0.29) is 11.2 Å². The summed E-state index contributed by atoms with van der Waals surface area (Å²) in [5.74, 6) is 0.285. The quantitative estimate of drug-likeness (QED) is 0.354. The minimum absolute atomic E-state index is 0.0880. The SMILES string of the molecule is CC(C)(CCCCO)CCCCOCCCCC(C)(C)CCS(C)(=O)=O. The van der Waals surface area contributed by atoms with Gasteiger partial charge in [-0.3, -0.25) is 0 Å². The molecule has 0 aromatic carbocycles. The molecule has 1 N–H and O–H groups in total. The van der Waals surface area contributed by atoms with Gasteiger partial charge in [0.25, 0.3) is 0 Å². The molecule has 0 unspecified atom stereocenters. The summed E-state index contributed by atoms with van der Waals surface area (Å²) < 4.78 is 28.3. The van der Waals surface area contributed by atoms with Gasteiger partial charge in [0, 0.05) is 26.1 Å². The van der Waals surface area contributed by atoms with Crippen molar-refractivity contribution in [3.8, 4) is 0 Å². The molecular weight excluding hydrogens is 348 g/mol. The average molecular weight is 393 g/mol. The van der Waals surface area contributed by atoms with Crippen LogP contribution in [0.4, 0.5) is 0 Å². The third kappa shape index (κ3) is 17.3. The van der Waals surface area contributed by atoms with Crippen LogP contribution < -0.4 is 0 Å². The molecule has 0 atom stereocenters. The van der Waals surface area contributed by atoms with Crippen molar-refractivity contribution in [2.75, 3.05) is 31.8 Å². The molecule has 158 valence electrons. The number of unbranched alkanes of at least 4 members (excludes halogenated alkanes) is 3. The van der Waals surface area contributed by atoms with Gasteiger partial charge in [0.15, 0.2) is 0 Å². The van der Waals surface area contributed by atoms with Crippen LogP contribution in [0.3, 0.4) is 0 Å². The lowest BCUT2D eigenvalue weighted by Crippen LogP contribution is -2.17. The van der Waals surface area contributed by atoms with E-state index in [4.69, 9.17) is 9.84 Å². The summed E-state index contributed by atoms with van der Waals surface area (Å²) >= 11 is 0. The molecule has 4 nitrogen and oxygen atoms in total. The molecular formula is C21H44O4S. The van der Waals surface area contributed by atoms with E-state index in [9.17, 15) is 8.42 Å². The zero-order valence-electron chi connectivity index (χ0n) is 18.0. The van der Waals surface area contributed by atoms with Crippen LogP contribution in [-0.4, -0.2) is 45.4 Å². The molecule has 0 saturated carbocycles. The first-order chi connectivity index (χ1) is 12.0. The zero-order chi connectivity index (χ0) is 20.1. The average Bonchev–Trinajstić information content (AvgIpc) is 2.51. The van der Waals surface area contributed by atoms with E-state index in [0.717, 1.165) is 58.2 Å². The molecule has 0 heterocycles. The first-order valence-electron chi connectivity index (χ1n) is 10.3. The summed E-state index contributed by atoms with van der Waals surface area (Å²) in [5, 5.41) is 8.86. The molecule has 0 spiro atoms. The first-order valence-corrected chi connectivity index (χ1v) is 12.4.